The molecule has 1 atom stereocenters. The summed E-state index contributed by atoms with van der Waals surface area (Å²) in [6.07, 6.45) is 2.63. The molecule has 0 saturated carbocycles. The zero-order valence-electron chi connectivity index (χ0n) is 13.1. The van der Waals surface area contributed by atoms with Gasteiger partial charge in [-0.2, -0.15) is 0 Å². The smallest absolute Gasteiger partial charge is 0.243 e. The van der Waals surface area contributed by atoms with Gasteiger partial charge in [0.1, 0.15) is 0 Å². The van der Waals surface area contributed by atoms with E-state index in [1.165, 1.54) is 11.1 Å². The third kappa shape index (κ3) is 2.88. The lowest BCUT2D eigenvalue weighted by Crippen LogP contribution is -2.43. The lowest BCUT2D eigenvalue weighted by atomic mass is 9.86. The largest absolute Gasteiger partial charge is 0.320 e. The fourth-order valence-electron chi connectivity index (χ4n) is 2.73. The topological polar surface area (TPSA) is 46.3 Å². The Morgan fingerprint density at radius 2 is 2.10 bits per heavy atom. The van der Waals surface area contributed by atoms with Crippen LogP contribution in [0.5, 0.6) is 0 Å². The first-order chi connectivity index (χ1) is 9.34. The van der Waals surface area contributed by atoms with E-state index in [-0.39, 0.29) is 17.4 Å². The SMILES string of the molecule is CCCC(N)C(=O)N1CCc2cc(C(C)(C)C)ccc21. The summed E-state index contributed by atoms with van der Waals surface area (Å²) in [6.45, 7) is 9.46. The van der Waals surface area contributed by atoms with Crippen LogP contribution in [0.3, 0.4) is 0 Å². The number of nitrogens with zero attached hydrogens (tertiary/aromatic N) is 1. The highest BCUT2D eigenvalue weighted by Crippen LogP contribution is 2.33. The second-order valence-electron chi connectivity index (χ2n) is 6.73. The van der Waals surface area contributed by atoms with Gasteiger partial charge in [-0.1, -0.05) is 46.2 Å². The maximum Gasteiger partial charge on any atom is 0.243 e. The van der Waals surface area contributed by atoms with E-state index < -0.39 is 0 Å². The molecular weight excluding hydrogens is 248 g/mol. The molecule has 1 unspecified atom stereocenters. The average Bonchev–Trinajstić information content (AvgIpc) is 2.79. The highest BCUT2D eigenvalue weighted by Gasteiger charge is 2.28. The molecule has 2 rings (SSSR count). The van der Waals surface area contributed by atoms with Crippen LogP contribution in [0.15, 0.2) is 18.2 Å². The molecular formula is C17H26N2O. The van der Waals surface area contributed by atoms with Crippen LogP contribution in [0.2, 0.25) is 0 Å². The molecule has 2 N–H and O–H groups in total. The highest BCUT2D eigenvalue weighted by molar-refractivity contribution is 5.98. The lowest BCUT2D eigenvalue weighted by Gasteiger charge is -2.23. The van der Waals surface area contributed by atoms with Crippen LogP contribution in [-0.2, 0) is 16.6 Å². The van der Waals surface area contributed by atoms with Gasteiger partial charge in [0, 0.05) is 12.2 Å². The Hall–Kier alpha value is -1.35. The number of hydrogen-bond donors (Lipinski definition) is 1. The van der Waals surface area contributed by atoms with Crippen LogP contribution in [0, 0.1) is 0 Å². The number of rotatable bonds is 3. The van der Waals surface area contributed by atoms with Crippen LogP contribution in [0.1, 0.15) is 51.7 Å². The summed E-state index contributed by atoms with van der Waals surface area (Å²) >= 11 is 0. The van der Waals surface area contributed by atoms with Crippen molar-refractivity contribution in [1.29, 1.82) is 0 Å². The Kier molecular flexibility index (Phi) is 4.19. The molecule has 1 aromatic carbocycles. The van der Waals surface area contributed by atoms with Gasteiger partial charge in [0.2, 0.25) is 5.91 Å². The number of nitrogens with two attached hydrogens (primary N) is 1. The van der Waals surface area contributed by atoms with Gasteiger partial charge in [-0.25, -0.2) is 0 Å². The molecule has 0 spiro atoms. The minimum absolute atomic E-state index is 0.0640. The Bertz CT molecular complexity index is 502. The Labute approximate surface area is 122 Å². The van der Waals surface area contributed by atoms with Crippen molar-refractivity contribution in [3.8, 4) is 0 Å². The van der Waals surface area contributed by atoms with Crippen molar-refractivity contribution in [2.24, 2.45) is 5.73 Å². The van der Waals surface area contributed by atoms with E-state index >= 15 is 0 Å². The second-order valence-corrected chi connectivity index (χ2v) is 6.73. The van der Waals surface area contributed by atoms with Gasteiger partial charge < -0.3 is 10.6 Å². The van der Waals surface area contributed by atoms with Gasteiger partial charge in [-0.15, -0.1) is 0 Å². The summed E-state index contributed by atoms with van der Waals surface area (Å²) < 4.78 is 0. The monoisotopic (exact) mass is 274 g/mol. The Morgan fingerprint density at radius 1 is 1.40 bits per heavy atom. The molecule has 1 aliphatic rings. The van der Waals surface area contributed by atoms with Crippen LogP contribution in [-0.4, -0.2) is 18.5 Å². The molecule has 3 heteroatoms. The van der Waals surface area contributed by atoms with Crippen molar-refractivity contribution in [1.82, 2.24) is 0 Å². The molecule has 0 saturated heterocycles. The number of carbonyl (C=O) groups excluding carboxylic acids is 1. The minimum Gasteiger partial charge on any atom is -0.320 e. The van der Waals surface area contributed by atoms with E-state index in [4.69, 9.17) is 5.73 Å². The maximum atomic E-state index is 12.4. The van der Waals surface area contributed by atoms with Crippen molar-refractivity contribution >= 4 is 11.6 Å². The van der Waals surface area contributed by atoms with Gasteiger partial charge in [-0.05, 0) is 35.4 Å². The summed E-state index contributed by atoms with van der Waals surface area (Å²) in [7, 11) is 0. The fourth-order valence-corrected chi connectivity index (χ4v) is 2.73. The number of fused-ring (bicyclic) bond motifs is 1. The molecule has 20 heavy (non-hydrogen) atoms. The van der Waals surface area contributed by atoms with Crippen LogP contribution in [0.25, 0.3) is 0 Å². The second kappa shape index (κ2) is 5.57. The van der Waals surface area contributed by atoms with Crippen molar-refractivity contribution in [2.75, 3.05) is 11.4 Å². The van der Waals surface area contributed by atoms with Crippen molar-refractivity contribution in [3.63, 3.8) is 0 Å². The van der Waals surface area contributed by atoms with E-state index in [0.717, 1.165) is 31.5 Å². The number of carbonyl (C=O) groups is 1. The lowest BCUT2D eigenvalue weighted by molar-refractivity contribution is -0.119. The van der Waals surface area contributed by atoms with E-state index in [0.29, 0.717) is 0 Å². The van der Waals surface area contributed by atoms with Crippen molar-refractivity contribution < 1.29 is 4.79 Å². The van der Waals surface area contributed by atoms with Crippen LogP contribution < -0.4 is 10.6 Å². The average molecular weight is 274 g/mol. The predicted octanol–water partition coefficient (Wildman–Crippen LogP) is 3.00. The fraction of sp³-hybridized carbons (Fsp3) is 0.588. The maximum absolute atomic E-state index is 12.4. The summed E-state index contributed by atoms with van der Waals surface area (Å²) in [6, 6.07) is 6.09. The first kappa shape index (κ1) is 15.0. The molecule has 0 radical (unpaired) electrons. The summed E-state index contributed by atoms with van der Waals surface area (Å²) in [5, 5.41) is 0. The molecule has 0 aliphatic carbocycles. The van der Waals surface area contributed by atoms with E-state index in [1.54, 1.807) is 0 Å². The van der Waals surface area contributed by atoms with E-state index in [2.05, 4.69) is 45.9 Å². The van der Waals surface area contributed by atoms with Gasteiger partial charge in [0.05, 0.1) is 6.04 Å². The minimum atomic E-state index is -0.367. The van der Waals surface area contributed by atoms with Gasteiger partial charge in [-0.3, -0.25) is 4.79 Å². The zero-order valence-corrected chi connectivity index (χ0v) is 13.1. The Morgan fingerprint density at radius 3 is 2.70 bits per heavy atom. The first-order valence-electron chi connectivity index (χ1n) is 7.55. The molecule has 0 aromatic heterocycles. The molecule has 0 bridgehead atoms. The molecule has 1 heterocycles. The Balaban J connectivity index is 2.24. The standard InChI is InChI=1S/C17H26N2O/c1-5-6-14(18)16(20)19-10-9-12-11-13(17(2,3)4)7-8-15(12)19/h7-8,11,14H,5-6,9-10,18H2,1-4H3. The molecule has 110 valence electrons. The third-order valence-electron chi connectivity index (χ3n) is 4.02. The quantitative estimate of drug-likeness (QED) is 0.921. The van der Waals surface area contributed by atoms with E-state index in [1.807, 2.05) is 4.90 Å². The summed E-state index contributed by atoms with van der Waals surface area (Å²) in [5.74, 6) is 0.0640. The van der Waals surface area contributed by atoms with Gasteiger partial charge >= 0.3 is 0 Å². The van der Waals surface area contributed by atoms with Crippen LogP contribution >= 0.6 is 0 Å². The molecule has 1 aliphatic heterocycles. The van der Waals surface area contributed by atoms with Crippen molar-refractivity contribution in [3.05, 3.63) is 29.3 Å². The number of benzene rings is 1. The van der Waals surface area contributed by atoms with Gasteiger partial charge in [0.15, 0.2) is 0 Å². The highest BCUT2D eigenvalue weighted by atomic mass is 16.2. The molecule has 1 aromatic rings. The summed E-state index contributed by atoms with van der Waals surface area (Å²) in [5.41, 5.74) is 9.76. The van der Waals surface area contributed by atoms with Crippen molar-refractivity contribution in [2.45, 2.75) is 58.4 Å². The van der Waals surface area contributed by atoms with Gasteiger partial charge in [0.25, 0.3) is 0 Å². The van der Waals surface area contributed by atoms with E-state index in [9.17, 15) is 4.79 Å². The molecule has 0 fully saturated rings. The zero-order chi connectivity index (χ0) is 14.9. The number of amides is 1. The predicted molar refractivity (Wildman–Crippen MR) is 84.1 cm³/mol. The molecule has 3 nitrogen and oxygen atoms in total. The third-order valence-corrected chi connectivity index (χ3v) is 4.02. The first-order valence-corrected chi connectivity index (χ1v) is 7.55. The number of anilines is 1. The summed E-state index contributed by atoms with van der Waals surface area (Å²) in [4.78, 5) is 14.2. The normalized spacial score (nSPS) is 16.1. The number of hydrogen-bond acceptors (Lipinski definition) is 2. The van der Waals surface area contributed by atoms with Crippen LogP contribution in [0.4, 0.5) is 5.69 Å². The molecule has 1 amide bonds.